The molecule has 0 aromatic carbocycles. The van der Waals surface area contributed by atoms with Crippen LogP contribution in [-0.2, 0) is 0 Å². The summed E-state index contributed by atoms with van der Waals surface area (Å²) < 4.78 is 0.432. The average molecular weight is 245 g/mol. The Hall–Kier alpha value is -0.920. The minimum absolute atomic E-state index is 0.161. The molecular weight excluding hydrogens is 243 g/mol. The molecule has 1 aromatic heterocycles. The Balaban J connectivity index is 3.42. The van der Waals surface area contributed by atoms with Crippen molar-refractivity contribution < 1.29 is 4.79 Å². The fourth-order valence-electron chi connectivity index (χ4n) is 0.720. The van der Waals surface area contributed by atoms with Crippen LogP contribution in [-0.4, -0.2) is 10.2 Å². The Morgan fingerprint density at radius 3 is 2.75 bits per heavy atom. The molecule has 0 aliphatic rings. The maximum atomic E-state index is 10.8. The maximum Gasteiger partial charge on any atom is 0.254 e. The first-order chi connectivity index (χ1) is 5.66. The van der Waals surface area contributed by atoms with Crippen LogP contribution in [0.15, 0.2) is 16.9 Å². The molecule has 3 nitrogen and oxygen atoms in total. The van der Waals surface area contributed by atoms with Crippen LogP contribution in [0.1, 0.15) is 15.9 Å². The van der Waals surface area contributed by atoms with Gasteiger partial charge in [0.1, 0.15) is 6.07 Å². The summed E-state index contributed by atoms with van der Waals surface area (Å²) in [6.45, 7) is 0. The van der Waals surface area contributed by atoms with Gasteiger partial charge in [0.25, 0.3) is 5.24 Å². The van der Waals surface area contributed by atoms with Crippen molar-refractivity contribution in [2.45, 2.75) is 0 Å². The SMILES string of the molecule is N#Cc1cncc(Br)c1C(=O)Cl. The van der Waals surface area contributed by atoms with Crippen molar-refractivity contribution in [1.29, 1.82) is 5.26 Å². The van der Waals surface area contributed by atoms with E-state index in [0.29, 0.717) is 4.47 Å². The van der Waals surface area contributed by atoms with Crippen molar-refractivity contribution in [3.8, 4) is 6.07 Å². The molecule has 0 unspecified atom stereocenters. The van der Waals surface area contributed by atoms with Crippen LogP contribution < -0.4 is 0 Å². The second-order valence-corrected chi connectivity index (χ2v) is 3.13. The highest BCUT2D eigenvalue weighted by atomic mass is 79.9. The topological polar surface area (TPSA) is 53.8 Å². The number of carbonyl (C=O) groups is 1. The number of aromatic nitrogens is 1. The van der Waals surface area contributed by atoms with Crippen molar-refractivity contribution in [2.75, 3.05) is 0 Å². The molecule has 0 atom stereocenters. The van der Waals surface area contributed by atoms with Gasteiger partial charge in [0, 0.05) is 16.9 Å². The summed E-state index contributed by atoms with van der Waals surface area (Å²) >= 11 is 8.31. The first kappa shape index (κ1) is 9.17. The Kier molecular flexibility index (Phi) is 2.79. The van der Waals surface area contributed by atoms with Gasteiger partial charge in [-0.1, -0.05) is 0 Å². The van der Waals surface area contributed by atoms with Crippen molar-refractivity contribution in [1.82, 2.24) is 4.98 Å². The molecule has 1 rings (SSSR count). The molecule has 12 heavy (non-hydrogen) atoms. The molecule has 5 heteroatoms. The van der Waals surface area contributed by atoms with E-state index in [2.05, 4.69) is 20.9 Å². The standard InChI is InChI=1S/C7H2BrClN2O/c8-5-3-11-2-4(1-10)6(5)7(9)12/h2-3H. The number of rotatable bonds is 1. The van der Waals surface area contributed by atoms with Gasteiger partial charge >= 0.3 is 0 Å². The lowest BCUT2D eigenvalue weighted by atomic mass is 10.2. The number of halogens is 2. The lowest BCUT2D eigenvalue weighted by Crippen LogP contribution is -1.96. The largest absolute Gasteiger partial charge is 0.276 e. The Labute approximate surface area is 82.1 Å². The number of hydrogen-bond acceptors (Lipinski definition) is 3. The van der Waals surface area contributed by atoms with Crippen LogP contribution in [0.3, 0.4) is 0 Å². The quantitative estimate of drug-likeness (QED) is 0.712. The highest BCUT2D eigenvalue weighted by Gasteiger charge is 2.12. The lowest BCUT2D eigenvalue weighted by molar-refractivity contribution is 0.108. The summed E-state index contributed by atoms with van der Waals surface area (Å²) in [5.74, 6) is 0. The van der Waals surface area contributed by atoms with Crippen LogP contribution in [0.25, 0.3) is 0 Å². The Morgan fingerprint density at radius 2 is 2.33 bits per heavy atom. The van der Waals surface area contributed by atoms with Gasteiger partial charge in [-0.25, -0.2) is 0 Å². The van der Waals surface area contributed by atoms with E-state index in [4.69, 9.17) is 16.9 Å². The molecule has 0 aliphatic carbocycles. The molecule has 1 aromatic rings. The minimum atomic E-state index is -0.666. The third-order valence-corrected chi connectivity index (χ3v) is 2.01. The van der Waals surface area contributed by atoms with Gasteiger partial charge in [-0.15, -0.1) is 0 Å². The van der Waals surface area contributed by atoms with Gasteiger partial charge < -0.3 is 0 Å². The van der Waals surface area contributed by atoms with Crippen molar-refractivity contribution in [2.24, 2.45) is 0 Å². The predicted molar refractivity (Wildman–Crippen MR) is 46.8 cm³/mol. The smallest absolute Gasteiger partial charge is 0.254 e. The Bertz CT molecular complexity index is 372. The second-order valence-electron chi connectivity index (χ2n) is 1.93. The third kappa shape index (κ3) is 1.63. The number of hydrogen-bond donors (Lipinski definition) is 0. The monoisotopic (exact) mass is 244 g/mol. The molecule has 0 saturated carbocycles. The second kappa shape index (κ2) is 3.65. The highest BCUT2D eigenvalue weighted by Crippen LogP contribution is 2.20. The van der Waals surface area contributed by atoms with Gasteiger partial charge in [-0.05, 0) is 27.5 Å². The summed E-state index contributed by atoms with van der Waals surface area (Å²) in [5.41, 5.74) is 0.332. The molecule has 0 saturated heterocycles. The van der Waals surface area contributed by atoms with E-state index in [0.717, 1.165) is 0 Å². The van der Waals surface area contributed by atoms with Crippen molar-refractivity contribution in [3.63, 3.8) is 0 Å². The number of nitriles is 1. The zero-order chi connectivity index (χ0) is 9.14. The first-order valence-corrected chi connectivity index (χ1v) is 4.07. The fraction of sp³-hybridized carbons (Fsp3) is 0. The van der Waals surface area contributed by atoms with Gasteiger partial charge in [-0.3, -0.25) is 9.78 Å². The molecule has 0 fully saturated rings. The molecule has 0 radical (unpaired) electrons. The van der Waals surface area contributed by atoms with Crippen LogP contribution >= 0.6 is 27.5 Å². The number of carbonyl (C=O) groups excluding carboxylic acids is 1. The molecule has 60 valence electrons. The van der Waals surface area contributed by atoms with E-state index in [-0.39, 0.29) is 11.1 Å². The summed E-state index contributed by atoms with van der Waals surface area (Å²) in [7, 11) is 0. The van der Waals surface area contributed by atoms with E-state index in [9.17, 15) is 4.79 Å². The van der Waals surface area contributed by atoms with E-state index in [1.165, 1.54) is 12.4 Å². The molecular formula is C7H2BrClN2O. The minimum Gasteiger partial charge on any atom is -0.276 e. The summed E-state index contributed by atoms with van der Waals surface area (Å²) in [6.07, 6.45) is 2.71. The van der Waals surface area contributed by atoms with E-state index < -0.39 is 5.24 Å². The number of nitrogens with zero attached hydrogens (tertiary/aromatic N) is 2. The molecule has 0 spiro atoms. The fourth-order valence-corrected chi connectivity index (χ4v) is 1.55. The lowest BCUT2D eigenvalue weighted by Gasteiger charge is -1.98. The molecule has 0 N–H and O–H groups in total. The molecule has 1 heterocycles. The van der Waals surface area contributed by atoms with Crippen LogP contribution in [0.2, 0.25) is 0 Å². The normalized spacial score (nSPS) is 9.08. The van der Waals surface area contributed by atoms with E-state index >= 15 is 0 Å². The predicted octanol–water partition coefficient (Wildman–Crippen LogP) is 2.09. The van der Waals surface area contributed by atoms with Crippen molar-refractivity contribution in [3.05, 3.63) is 28.0 Å². The average Bonchev–Trinajstić information content (AvgIpc) is 2.03. The number of pyridine rings is 1. The molecule has 0 amide bonds. The third-order valence-electron chi connectivity index (χ3n) is 1.22. The molecule has 0 aliphatic heterocycles. The van der Waals surface area contributed by atoms with E-state index in [1.807, 2.05) is 6.07 Å². The highest BCUT2D eigenvalue weighted by molar-refractivity contribution is 9.10. The van der Waals surface area contributed by atoms with Gasteiger partial charge in [-0.2, -0.15) is 5.26 Å². The Morgan fingerprint density at radius 1 is 1.67 bits per heavy atom. The van der Waals surface area contributed by atoms with E-state index in [1.54, 1.807) is 0 Å². The van der Waals surface area contributed by atoms with Gasteiger partial charge in [0.2, 0.25) is 0 Å². The summed E-state index contributed by atoms with van der Waals surface area (Å²) in [5, 5.41) is 7.90. The van der Waals surface area contributed by atoms with Crippen LogP contribution in [0.5, 0.6) is 0 Å². The zero-order valence-electron chi connectivity index (χ0n) is 5.71. The van der Waals surface area contributed by atoms with Gasteiger partial charge in [0.15, 0.2) is 0 Å². The summed E-state index contributed by atoms with van der Waals surface area (Å²) in [6, 6.07) is 1.82. The van der Waals surface area contributed by atoms with Gasteiger partial charge in [0.05, 0.1) is 11.1 Å². The van der Waals surface area contributed by atoms with Crippen LogP contribution in [0.4, 0.5) is 0 Å². The van der Waals surface area contributed by atoms with Crippen molar-refractivity contribution >= 4 is 32.8 Å². The first-order valence-electron chi connectivity index (χ1n) is 2.90. The zero-order valence-corrected chi connectivity index (χ0v) is 8.06. The van der Waals surface area contributed by atoms with Crippen LogP contribution in [0, 0.1) is 11.3 Å². The molecule has 0 bridgehead atoms. The summed E-state index contributed by atoms with van der Waals surface area (Å²) in [4.78, 5) is 14.5. The maximum absolute atomic E-state index is 10.8.